The van der Waals surface area contributed by atoms with Gasteiger partial charge in [-0.15, -0.1) is 13.2 Å². The lowest BCUT2D eigenvalue weighted by Crippen LogP contribution is -2.17. The van der Waals surface area contributed by atoms with E-state index in [9.17, 15) is 29.0 Å². The SMILES string of the molecule is [C-]#[N+]C1=C(c2ccc3cc(C4=C(C#N)c5cc(C)ccc5/C4=C(/C#N)[N+]#[C-])ccc3c2)/C(=C(/C#N)[N+]#[C-])c2ccc(OC(F)(F)F)cc21. The molecule has 0 saturated heterocycles. The molecule has 0 aromatic heterocycles. The second kappa shape index (κ2) is 11.5. The van der Waals surface area contributed by atoms with Gasteiger partial charge < -0.3 is 4.74 Å². The predicted molar refractivity (Wildman–Crippen MR) is 172 cm³/mol. The summed E-state index contributed by atoms with van der Waals surface area (Å²) in [6.45, 7) is 25.1. The number of halogens is 3. The number of benzene rings is 4. The third-order valence-corrected chi connectivity index (χ3v) is 8.00. The Kier molecular flexibility index (Phi) is 7.36. The molecule has 0 atom stereocenters. The van der Waals surface area contributed by atoms with Crippen molar-refractivity contribution in [3.63, 3.8) is 0 Å². The molecule has 48 heavy (non-hydrogen) atoms. The van der Waals surface area contributed by atoms with Gasteiger partial charge in [-0.25, -0.2) is 25.1 Å². The molecule has 2 aliphatic carbocycles. The van der Waals surface area contributed by atoms with Crippen molar-refractivity contribution in [3.8, 4) is 24.0 Å². The van der Waals surface area contributed by atoms with E-state index in [1.807, 2.05) is 37.3 Å². The smallest absolute Gasteiger partial charge is 0.406 e. The summed E-state index contributed by atoms with van der Waals surface area (Å²) in [5, 5.41) is 31.2. The van der Waals surface area contributed by atoms with Crippen LogP contribution in [-0.2, 0) is 0 Å². The van der Waals surface area contributed by atoms with Crippen LogP contribution in [0.3, 0.4) is 0 Å². The van der Waals surface area contributed by atoms with Crippen molar-refractivity contribution < 1.29 is 17.9 Å². The van der Waals surface area contributed by atoms with Crippen molar-refractivity contribution in [2.45, 2.75) is 13.3 Å². The molecule has 0 unspecified atom stereocenters. The molecule has 4 aromatic rings. The van der Waals surface area contributed by atoms with Gasteiger partial charge in [-0.1, -0.05) is 54.1 Å². The maximum absolute atomic E-state index is 13.0. The quantitative estimate of drug-likeness (QED) is 0.167. The summed E-state index contributed by atoms with van der Waals surface area (Å²) in [5.41, 5.74) is 4.55. The van der Waals surface area contributed by atoms with Gasteiger partial charge in [0.2, 0.25) is 5.70 Å². The maximum atomic E-state index is 13.0. The fourth-order valence-corrected chi connectivity index (χ4v) is 6.12. The van der Waals surface area contributed by atoms with Gasteiger partial charge in [0.25, 0.3) is 11.4 Å². The highest BCUT2D eigenvalue weighted by atomic mass is 19.4. The second-order valence-electron chi connectivity index (χ2n) is 10.7. The summed E-state index contributed by atoms with van der Waals surface area (Å²) in [6, 6.07) is 25.5. The lowest BCUT2D eigenvalue weighted by molar-refractivity contribution is -0.274. The molecule has 0 N–H and O–H groups in total. The Morgan fingerprint density at radius 1 is 0.688 bits per heavy atom. The Balaban J connectivity index is 1.54. The minimum absolute atomic E-state index is 0.0409. The van der Waals surface area contributed by atoms with Crippen molar-refractivity contribution in [2.75, 3.05) is 0 Å². The molecule has 7 nitrogen and oxygen atoms in total. The van der Waals surface area contributed by atoms with E-state index >= 15 is 0 Å². The summed E-state index contributed by atoms with van der Waals surface area (Å²) in [4.78, 5) is 10.4. The third-order valence-electron chi connectivity index (χ3n) is 8.00. The number of fused-ring (bicyclic) bond motifs is 3. The molecule has 0 spiro atoms. The van der Waals surface area contributed by atoms with E-state index in [2.05, 4.69) is 25.3 Å². The summed E-state index contributed by atoms with van der Waals surface area (Å²) in [7, 11) is 0. The number of allylic oxidation sites excluding steroid dienone is 7. The average Bonchev–Trinajstić information content (AvgIpc) is 3.56. The molecule has 0 aliphatic heterocycles. The van der Waals surface area contributed by atoms with Crippen molar-refractivity contribution in [1.82, 2.24) is 0 Å². The molecule has 6 rings (SSSR count). The molecule has 0 amide bonds. The van der Waals surface area contributed by atoms with Crippen LogP contribution in [0.15, 0.2) is 84.2 Å². The fraction of sp³-hybridized carbons (Fsp3) is 0.0526. The van der Waals surface area contributed by atoms with Crippen LogP contribution in [-0.4, -0.2) is 6.36 Å². The predicted octanol–water partition coefficient (Wildman–Crippen LogP) is 9.60. The van der Waals surface area contributed by atoms with E-state index in [0.29, 0.717) is 49.7 Å². The maximum Gasteiger partial charge on any atom is 0.573 e. The zero-order valence-corrected chi connectivity index (χ0v) is 24.7. The van der Waals surface area contributed by atoms with Crippen LogP contribution in [0.2, 0.25) is 0 Å². The minimum atomic E-state index is -4.96. The Morgan fingerprint density at radius 3 is 1.79 bits per heavy atom. The number of rotatable bonds is 3. The van der Waals surface area contributed by atoms with E-state index in [1.54, 1.807) is 36.4 Å². The monoisotopic (exact) mass is 628 g/mol. The van der Waals surface area contributed by atoms with Crippen molar-refractivity contribution in [2.24, 2.45) is 0 Å². The largest absolute Gasteiger partial charge is 0.573 e. The highest BCUT2D eigenvalue weighted by Gasteiger charge is 2.35. The molecular formula is C38H15F3N6O. The summed E-state index contributed by atoms with van der Waals surface area (Å²) in [5.74, 6) is -0.545. The van der Waals surface area contributed by atoms with Crippen LogP contribution in [0.25, 0.3) is 58.9 Å². The number of aryl methyl sites for hydroxylation is 1. The van der Waals surface area contributed by atoms with E-state index < -0.39 is 12.1 Å². The van der Waals surface area contributed by atoms with Gasteiger partial charge in [-0.05, 0) is 92.1 Å². The van der Waals surface area contributed by atoms with Gasteiger partial charge in [0.05, 0.1) is 37.4 Å². The van der Waals surface area contributed by atoms with Crippen molar-refractivity contribution >= 4 is 44.3 Å². The first kappa shape index (κ1) is 30.6. The standard InChI is InChI=1S/C38H15F3N6O/c1-20-5-11-26-28(13-20)30(17-42)33(35(26)31(18-43)45-2)23-8-6-22-15-24(9-7-21(22)14-23)34-36(32(19-44)46-3)27-12-10-25(48-38(39,40)41)16-29(27)37(34)47-4/h5-16H,1H3/b35-31+,36-32-. The molecule has 10 heteroatoms. The molecule has 0 saturated carbocycles. The first-order valence-corrected chi connectivity index (χ1v) is 13.9. The lowest BCUT2D eigenvalue weighted by atomic mass is 9.91. The van der Waals surface area contributed by atoms with Gasteiger partial charge in [-0.2, -0.15) is 5.26 Å². The topological polar surface area (TPSA) is 93.7 Å². The molecule has 224 valence electrons. The van der Waals surface area contributed by atoms with Crippen LogP contribution < -0.4 is 4.74 Å². The molecule has 4 aromatic carbocycles. The zero-order valence-electron chi connectivity index (χ0n) is 24.7. The summed E-state index contributed by atoms with van der Waals surface area (Å²) >= 11 is 0. The number of alkyl halides is 3. The van der Waals surface area contributed by atoms with Crippen LogP contribution in [0.1, 0.15) is 38.9 Å². The normalized spacial score (nSPS) is 15.3. The van der Waals surface area contributed by atoms with E-state index in [1.165, 1.54) is 6.07 Å². The van der Waals surface area contributed by atoms with Crippen LogP contribution >= 0.6 is 0 Å². The Morgan fingerprint density at radius 2 is 1.25 bits per heavy atom. The van der Waals surface area contributed by atoms with Gasteiger partial charge in [0.1, 0.15) is 11.8 Å². The minimum Gasteiger partial charge on any atom is -0.406 e. The summed E-state index contributed by atoms with van der Waals surface area (Å²) < 4.78 is 43.0. The highest BCUT2D eigenvalue weighted by Crippen LogP contribution is 2.51. The fourth-order valence-electron chi connectivity index (χ4n) is 6.12. The number of hydrogen-bond donors (Lipinski definition) is 0. The number of nitrogens with zero attached hydrogens (tertiary/aromatic N) is 6. The molecule has 0 fully saturated rings. The van der Waals surface area contributed by atoms with Gasteiger partial charge >= 0.3 is 6.36 Å². The Hall–Kier alpha value is -7.37. The van der Waals surface area contributed by atoms with Gasteiger partial charge in [0.15, 0.2) is 0 Å². The van der Waals surface area contributed by atoms with E-state index in [4.69, 9.17) is 19.7 Å². The Bertz CT molecular complexity index is 2510. The van der Waals surface area contributed by atoms with Gasteiger partial charge in [0, 0.05) is 5.57 Å². The number of hydrogen-bond acceptors (Lipinski definition) is 4. The van der Waals surface area contributed by atoms with Crippen molar-refractivity contribution in [3.05, 3.63) is 157 Å². The molecular weight excluding hydrogens is 613 g/mol. The van der Waals surface area contributed by atoms with E-state index in [-0.39, 0.29) is 39.4 Å². The number of ether oxygens (including phenoxy) is 1. The van der Waals surface area contributed by atoms with E-state index in [0.717, 1.165) is 17.7 Å². The van der Waals surface area contributed by atoms with Crippen molar-refractivity contribution in [1.29, 1.82) is 15.8 Å². The lowest BCUT2D eigenvalue weighted by Gasteiger charge is -2.13. The summed E-state index contributed by atoms with van der Waals surface area (Å²) in [6.07, 6.45) is -4.96. The first-order chi connectivity index (χ1) is 23.1. The average molecular weight is 629 g/mol. The van der Waals surface area contributed by atoms with Crippen LogP contribution in [0.5, 0.6) is 5.75 Å². The number of nitriles is 3. The van der Waals surface area contributed by atoms with Crippen LogP contribution in [0, 0.1) is 60.6 Å². The Labute approximate surface area is 272 Å². The zero-order chi connectivity index (χ0) is 34.3. The molecule has 0 heterocycles. The molecule has 0 bridgehead atoms. The molecule has 0 radical (unpaired) electrons. The van der Waals surface area contributed by atoms with Crippen LogP contribution in [0.4, 0.5) is 13.2 Å². The van der Waals surface area contributed by atoms with Gasteiger partial charge in [-0.3, -0.25) is 0 Å². The third kappa shape index (κ3) is 4.90. The molecule has 2 aliphatic rings. The second-order valence-corrected chi connectivity index (χ2v) is 10.7. The first-order valence-electron chi connectivity index (χ1n) is 13.9. The highest BCUT2D eigenvalue weighted by molar-refractivity contribution is 6.26.